The highest BCUT2D eigenvalue weighted by Gasteiger charge is 2.02. The molecule has 4 heteroatoms. The minimum absolute atomic E-state index is 0.244. The third-order valence-electron chi connectivity index (χ3n) is 2.64. The van der Waals surface area contributed by atoms with Gasteiger partial charge >= 0.3 is 0 Å². The van der Waals surface area contributed by atoms with Crippen molar-refractivity contribution in [3.8, 4) is 5.75 Å². The van der Waals surface area contributed by atoms with E-state index in [-0.39, 0.29) is 5.82 Å². The number of ether oxygens (including phenoxy) is 1. The molecule has 0 bridgehead atoms. The maximum atomic E-state index is 13.1. The third-order valence-corrected chi connectivity index (χ3v) is 3.21. The van der Waals surface area contributed by atoms with E-state index in [1.165, 1.54) is 12.1 Å². The summed E-state index contributed by atoms with van der Waals surface area (Å²) in [5, 5.41) is 0.719. The van der Waals surface area contributed by atoms with Crippen molar-refractivity contribution >= 4 is 15.9 Å². The number of pyridine rings is 1. The lowest BCUT2D eigenvalue weighted by Gasteiger charge is -2.08. The Labute approximate surface area is 114 Å². The van der Waals surface area contributed by atoms with E-state index in [1.807, 2.05) is 19.1 Å². The van der Waals surface area contributed by atoms with Crippen LogP contribution in [0.5, 0.6) is 5.75 Å². The zero-order valence-electron chi connectivity index (χ0n) is 9.99. The summed E-state index contributed by atoms with van der Waals surface area (Å²) in [6, 6.07) is 8.45. The zero-order chi connectivity index (χ0) is 13.0. The SMILES string of the molecule is Cc1ccc(F)cc1COc1ccc(CBr)nc1. The van der Waals surface area contributed by atoms with Crippen LogP contribution in [0.4, 0.5) is 4.39 Å². The second kappa shape index (κ2) is 5.96. The standard InChI is InChI=1S/C14H13BrFNO/c1-10-2-3-12(16)6-11(10)9-18-14-5-4-13(7-15)17-8-14/h2-6,8H,7,9H2,1H3. The fourth-order valence-electron chi connectivity index (χ4n) is 1.53. The van der Waals surface area contributed by atoms with Gasteiger partial charge < -0.3 is 4.74 Å². The molecular formula is C14H13BrFNO. The molecule has 0 N–H and O–H groups in total. The van der Waals surface area contributed by atoms with Crippen LogP contribution in [-0.4, -0.2) is 4.98 Å². The second-order valence-corrected chi connectivity index (χ2v) is 4.54. The van der Waals surface area contributed by atoms with Gasteiger partial charge in [-0.05, 0) is 42.3 Å². The molecule has 1 aromatic heterocycles. The zero-order valence-corrected chi connectivity index (χ0v) is 11.6. The first kappa shape index (κ1) is 13.0. The number of nitrogens with zero attached hydrogens (tertiary/aromatic N) is 1. The second-order valence-electron chi connectivity index (χ2n) is 3.98. The Balaban J connectivity index is 2.04. The van der Waals surface area contributed by atoms with Crippen molar-refractivity contribution in [2.75, 3.05) is 0 Å². The lowest BCUT2D eigenvalue weighted by atomic mass is 10.1. The van der Waals surface area contributed by atoms with Crippen molar-refractivity contribution < 1.29 is 9.13 Å². The molecule has 0 saturated heterocycles. The van der Waals surface area contributed by atoms with Gasteiger partial charge in [0.2, 0.25) is 0 Å². The van der Waals surface area contributed by atoms with Gasteiger partial charge in [-0.25, -0.2) is 4.39 Å². The number of aromatic nitrogens is 1. The van der Waals surface area contributed by atoms with Gasteiger partial charge in [0, 0.05) is 5.33 Å². The molecule has 1 aromatic carbocycles. The molecule has 2 nitrogen and oxygen atoms in total. The average Bonchev–Trinajstić information content (AvgIpc) is 2.40. The molecule has 0 radical (unpaired) electrons. The van der Waals surface area contributed by atoms with Gasteiger partial charge in [-0.1, -0.05) is 22.0 Å². The van der Waals surface area contributed by atoms with Crippen LogP contribution in [0.3, 0.4) is 0 Å². The topological polar surface area (TPSA) is 22.1 Å². The maximum absolute atomic E-state index is 13.1. The van der Waals surface area contributed by atoms with Crippen LogP contribution in [-0.2, 0) is 11.9 Å². The number of rotatable bonds is 4. The summed E-state index contributed by atoms with van der Waals surface area (Å²) < 4.78 is 18.7. The summed E-state index contributed by atoms with van der Waals surface area (Å²) in [5.74, 6) is 0.440. The van der Waals surface area contributed by atoms with Crippen molar-refractivity contribution in [1.29, 1.82) is 0 Å². The molecule has 94 valence electrons. The van der Waals surface area contributed by atoms with Gasteiger partial charge in [-0.2, -0.15) is 0 Å². The largest absolute Gasteiger partial charge is 0.487 e. The highest BCUT2D eigenvalue weighted by atomic mass is 79.9. The molecule has 0 aliphatic carbocycles. The van der Waals surface area contributed by atoms with Crippen molar-refractivity contribution in [3.05, 3.63) is 59.2 Å². The van der Waals surface area contributed by atoms with E-state index in [2.05, 4.69) is 20.9 Å². The molecule has 0 aliphatic rings. The summed E-state index contributed by atoms with van der Waals surface area (Å²) in [6.45, 7) is 2.28. The van der Waals surface area contributed by atoms with Crippen LogP contribution in [0.15, 0.2) is 36.5 Å². The number of hydrogen-bond donors (Lipinski definition) is 0. The van der Waals surface area contributed by atoms with Crippen LogP contribution in [0.25, 0.3) is 0 Å². The molecule has 0 fully saturated rings. The first-order valence-electron chi connectivity index (χ1n) is 5.58. The summed E-state index contributed by atoms with van der Waals surface area (Å²) >= 11 is 3.33. The highest BCUT2D eigenvalue weighted by Crippen LogP contribution is 2.16. The number of halogens is 2. The number of aryl methyl sites for hydroxylation is 1. The quantitative estimate of drug-likeness (QED) is 0.796. The fraction of sp³-hybridized carbons (Fsp3) is 0.214. The Bertz CT molecular complexity index is 528. The van der Waals surface area contributed by atoms with E-state index in [9.17, 15) is 4.39 Å². The highest BCUT2D eigenvalue weighted by molar-refractivity contribution is 9.08. The van der Waals surface area contributed by atoms with Crippen LogP contribution in [0.1, 0.15) is 16.8 Å². The summed E-state index contributed by atoms with van der Waals surface area (Å²) in [4.78, 5) is 4.20. The molecule has 0 aliphatic heterocycles. The van der Waals surface area contributed by atoms with Crippen molar-refractivity contribution in [1.82, 2.24) is 4.98 Å². The summed E-state index contributed by atoms with van der Waals surface area (Å²) in [7, 11) is 0. The van der Waals surface area contributed by atoms with E-state index in [0.717, 1.165) is 22.2 Å². The molecular weight excluding hydrogens is 297 g/mol. The van der Waals surface area contributed by atoms with E-state index in [0.29, 0.717) is 12.4 Å². The van der Waals surface area contributed by atoms with Crippen molar-refractivity contribution in [3.63, 3.8) is 0 Å². The third kappa shape index (κ3) is 3.29. The fourth-order valence-corrected chi connectivity index (χ4v) is 1.86. The van der Waals surface area contributed by atoms with Gasteiger partial charge in [-0.3, -0.25) is 4.98 Å². The average molecular weight is 310 g/mol. The monoisotopic (exact) mass is 309 g/mol. The number of hydrogen-bond acceptors (Lipinski definition) is 2. The van der Waals surface area contributed by atoms with E-state index >= 15 is 0 Å². The number of alkyl halides is 1. The smallest absolute Gasteiger partial charge is 0.138 e. The molecule has 0 saturated carbocycles. The predicted molar refractivity (Wildman–Crippen MR) is 72.3 cm³/mol. The lowest BCUT2D eigenvalue weighted by molar-refractivity contribution is 0.303. The van der Waals surface area contributed by atoms with E-state index in [1.54, 1.807) is 12.3 Å². The molecule has 0 atom stereocenters. The van der Waals surface area contributed by atoms with Gasteiger partial charge in [0.1, 0.15) is 18.2 Å². The molecule has 2 rings (SSSR count). The molecule has 0 unspecified atom stereocenters. The molecule has 18 heavy (non-hydrogen) atoms. The maximum Gasteiger partial charge on any atom is 0.138 e. The summed E-state index contributed by atoms with van der Waals surface area (Å²) in [5.41, 5.74) is 2.81. The number of benzene rings is 1. The van der Waals surface area contributed by atoms with Crippen LogP contribution < -0.4 is 4.74 Å². The van der Waals surface area contributed by atoms with Crippen LogP contribution in [0, 0.1) is 12.7 Å². The first-order valence-corrected chi connectivity index (χ1v) is 6.70. The minimum Gasteiger partial charge on any atom is -0.487 e. The predicted octanol–water partition coefficient (Wildman–Crippen LogP) is 4.00. The van der Waals surface area contributed by atoms with Gasteiger partial charge in [0.25, 0.3) is 0 Å². The Morgan fingerprint density at radius 2 is 2.11 bits per heavy atom. The van der Waals surface area contributed by atoms with Gasteiger partial charge in [0.05, 0.1) is 11.9 Å². The lowest BCUT2D eigenvalue weighted by Crippen LogP contribution is -1.99. The van der Waals surface area contributed by atoms with Gasteiger partial charge in [-0.15, -0.1) is 0 Å². The van der Waals surface area contributed by atoms with Crippen LogP contribution in [0.2, 0.25) is 0 Å². The first-order chi connectivity index (χ1) is 8.69. The Morgan fingerprint density at radius 1 is 1.28 bits per heavy atom. The molecule has 2 aromatic rings. The molecule has 1 heterocycles. The summed E-state index contributed by atoms with van der Waals surface area (Å²) in [6.07, 6.45) is 1.67. The molecule has 0 amide bonds. The van der Waals surface area contributed by atoms with Crippen LogP contribution >= 0.6 is 15.9 Å². The van der Waals surface area contributed by atoms with E-state index < -0.39 is 0 Å². The van der Waals surface area contributed by atoms with Crippen molar-refractivity contribution in [2.24, 2.45) is 0 Å². The normalized spacial score (nSPS) is 10.4. The Kier molecular flexibility index (Phi) is 4.31. The van der Waals surface area contributed by atoms with Crippen molar-refractivity contribution in [2.45, 2.75) is 18.9 Å². The van der Waals surface area contributed by atoms with E-state index in [4.69, 9.17) is 4.74 Å². The Hall–Kier alpha value is -1.42. The van der Waals surface area contributed by atoms with Gasteiger partial charge in [0.15, 0.2) is 0 Å². The molecule has 0 spiro atoms. The Morgan fingerprint density at radius 3 is 2.78 bits per heavy atom. The minimum atomic E-state index is -0.244.